The second-order valence-electron chi connectivity index (χ2n) is 9.45. The predicted molar refractivity (Wildman–Crippen MR) is 123 cm³/mol. The van der Waals surface area contributed by atoms with Crippen molar-refractivity contribution in [3.05, 3.63) is 28.3 Å². The Labute approximate surface area is 228 Å². The summed E-state index contributed by atoms with van der Waals surface area (Å²) < 4.78 is 28.1. The molecule has 0 unspecified atom stereocenters. The first-order valence-electron chi connectivity index (χ1n) is 11.3. The van der Waals surface area contributed by atoms with Crippen LogP contribution in [0.3, 0.4) is 0 Å². The second-order valence-corrected chi connectivity index (χ2v) is 11.4. The van der Waals surface area contributed by atoms with Gasteiger partial charge < -0.3 is 10.2 Å². The van der Waals surface area contributed by atoms with E-state index >= 15 is 0 Å². The Morgan fingerprint density at radius 1 is 1.00 bits per heavy atom. The van der Waals surface area contributed by atoms with E-state index in [1.807, 2.05) is 0 Å². The maximum Gasteiger partial charge on any atom is 0.332 e. The number of piperidine rings is 1. The number of sulfonamides is 1. The van der Waals surface area contributed by atoms with E-state index in [0.717, 1.165) is 70.4 Å². The maximum atomic E-state index is 12.9. The monoisotopic (exact) mass is 471 g/mol. The van der Waals surface area contributed by atoms with Gasteiger partial charge >= 0.3 is 6.03 Å². The molecule has 2 amide bonds. The number of hydrogen-bond acceptors (Lipinski definition) is 5. The molecule has 2 N–H and O–H groups in total. The molecule has 165 valence electrons. The van der Waals surface area contributed by atoms with Gasteiger partial charge in [0.1, 0.15) is 0 Å². The summed E-state index contributed by atoms with van der Waals surface area (Å²) in [6.07, 6.45) is 7.38. The fourth-order valence-corrected chi connectivity index (χ4v) is 7.07. The van der Waals surface area contributed by atoms with Crippen LogP contribution in [0.4, 0.5) is 10.5 Å². The Bertz CT molecular complexity index is 922. The largest absolute Gasteiger partial charge is 0.332 e. The van der Waals surface area contributed by atoms with Crippen molar-refractivity contribution in [2.24, 2.45) is 0 Å². The van der Waals surface area contributed by atoms with Crippen molar-refractivity contribution in [1.82, 2.24) is 14.5 Å². The van der Waals surface area contributed by atoms with Crippen LogP contribution in [0.25, 0.3) is 0 Å². The fourth-order valence-electron chi connectivity index (χ4n) is 5.77. The summed E-state index contributed by atoms with van der Waals surface area (Å²) in [5.74, 6) is 0. The minimum absolute atomic E-state index is 0. The van der Waals surface area contributed by atoms with E-state index in [0.29, 0.717) is 18.9 Å². The molecular weight excluding hydrogens is 439 g/mol. The minimum atomic E-state index is -3.68. The zero-order valence-electron chi connectivity index (χ0n) is 18.7. The Morgan fingerprint density at radius 3 is 2.13 bits per heavy atom. The second kappa shape index (κ2) is 9.70. The van der Waals surface area contributed by atoms with E-state index in [1.165, 1.54) is 22.3 Å². The number of anilines is 1. The van der Waals surface area contributed by atoms with Gasteiger partial charge in [-0.25, -0.2) is 17.9 Å². The number of likely N-dealkylation sites (tertiary alicyclic amines) is 2. The normalized spacial score (nSPS) is 22.4. The summed E-state index contributed by atoms with van der Waals surface area (Å²) in [6, 6.07) is 2.25. The average molecular weight is 472 g/mol. The van der Waals surface area contributed by atoms with Gasteiger partial charge in [-0.15, -0.1) is 0 Å². The number of aryl methyl sites for hydroxylation is 2. The number of fused-ring (bicyclic) bond motifs is 2. The number of urea groups is 1. The Morgan fingerprint density at radius 2 is 1.58 bits per heavy atom. The molecule has 2 heterocycles. The number of nitrogens with zero attached hydrogens (tertiary/aromatic N) is 2. The summed E-state index contributed by atoms with van der Waals surface area (Å²) in [5, 5.41) is 2.45. The molecule has 2 fully saturated rings. The van der Waals surface area contributed by atoms with Gasteiger partial charge in [-0.1, -0.05) is 6.07 Å². The standard InChI is InChI=1S/C22H32N4O3S.K/c1-25-13-17(14-25)26-10-8-18(9-11-26)30(28,29)24-22(27)23-21-19-6-2-4-15(19)12-16-5-3-7-20(16)21;/h12,17-18H,2-11,13-14H2,1H3,(H2,23,24,27);. The van der Waals surface area contributed by atoms with Crippen LogP contribution in [0.1, 0.15) is 47.9 Å². The van der Waals surface area contributed by atoms with Crippen LogP contribution in [0.2, 0.25) is 0 Å². The number of carbonyl (C=O) groups excluding carboxylic acids is 1. The Hall–Kier alpha value is -0.00364. The minimum Gasteiger partial charge on any atom is -0.307 e. The molecule has 2 aliphatic heterocycles. The smallest absolute Gasteiger partial charge is 0.307 e. The van der Waals surface area contributed by atoms with Gasteiger partial charge in [-0.3, -0.25) is 4.90 Å². The third-order valence-electron chi connectivity index (χ3n) is 7.42. The number of nitrogens with one attached hydrogen (secondary N) is 2. The molecule has 2 saturated heterocycles. The van der Waals surface area contributed by atoms with Crippen LogP contribution in [0.5, 0.6) is 0 Å². The van der Waals surface area contributed by atoms with E-state index in [2.05, 4.69) is 33.0 Å². The summed E-state index contributed by atoms with van der Waals surface area (Å²) in [5.41, 5.74) is 5.95. The molecule has 0 bridgehead atoms. The number of benzene rings is 1. The molecule has 2 aliphatic carbocycles. The summed E-state index contributed by atoms with van der Waals surface area (Å²) in [4.78, 5) is 17.4. The molecule has 0 spiro atoms. The van der Waals surface area contributed by atoms with E-state index in [-0.39, 0.29) is 51.4 Å². The van der Waals surface area contributed by atoms with Gasteiger partial charge in [0.15, 0.2) is 0 Å². The molecule has 1 aromatic carbocycles. The molecule has 1 radical (unpaired) electrons. The Balaban J connectivity index is 0.00000231. The van der Waals surface area contributed by atoms with E-state index in [4.69, 9.17) is 0 Å². The molecule has 0 atom stereocenters. The van der Waals surface area contributed by atoms with Crippen LogP contribution in [-0.4, -0.2) is 120 Å². The van der Waals surface area contributed by atoms with Gasteiger partial charge in [0.25, 0.3) is 0 Å². The van der Waals surface area contributed by atoms with Crippen LogP contribution >= 0.6 is 0 Å². The van der Waals surface area contributed by atoms with Crippen LogP contribution in [-0.2, 0) is 35.7 Å². The van der Waals surface area contributed by atoms with E-state index < -0.39 is 21.3 Å². The van der Waals surface area contributed by atoms with Crippen molar-refractivity contribution in [3.63, 3.8) is 0 Å². The molecule has 0 saturated carbocycles. The van der Waals surface area contributed by atoms with Crippen molar-refractivity contribution < 1.29 is 13.2 Å². The number of amides is 2. The van der Waals surface area contributed by atoms with Crippen LogP contribution in [0, 0.1) is 0 Å². The zero-order chi connectivity index (χ0) is 20.9. The van der Waals surface area contributed by atoms with Gasteiger partial charge in [-0.2, -0.15) is 0 Å². The number of hydrogen-bond donors (Lipinski definition) is 2. The first kappa shape index (κ1) is 24.1. The summed E-state index contributed by atoms with van der Waals surface area (Å²) in [7, 11) is -1.57. The number of rotatable bonds is 4. The summed E-state index contributed by atoms with van der Waals surface area (Å²) in [6.45, 7) is 3.68. The van der Waals surface area contributed by atoms with Gasteiger partial charge in [0, 0.05) is 76.2 Å². The molecular formula is C22H32KN4O3S. The average Bonchev–Trinajstić information content (AvgIpc) is 3.34. The molecule has 9 heteroatoms. The third kappa shape index (κ3) is 4.94. The molecule has 7 nitrogen and oxygen atoms in total. The zero-order valence-corrected chi connectivity index (χ0v) is 22.7. The first-order chi connectivity index (χ1) is 14.4. The third-order valence-corrected chi connectivity index (χ3v) is 9.24. The van der Waals surface area contributed by atoms with Crippen molar-refractivity contribution in [2.75, 3.05) is 38.5 Å². The molecule has 31 heavy (non-hydrogen) atoms. The van der Waals surface area contributed by atoms with Gasteiger partial charge in [0.05, 0.1) is 5.25 Å². The molecule has 4 aliphatic rings. The van der Waals surface area contributed by atoms with Crippen molar-refractivity contribution in [2.45, 2.75) is 62.7 Å². The molecule has 1 aromatic rings. The number of carbonyl (C=O) groups is 1. The van der Waals surface area contributed by atoms with Crippen LogP contribution in [0.15, 0.2) is 6.07 Å². The van der Waals surface area contributed by atoms with E-state index in [1.54, 1.807) is 0 Å². The SMILES string of the molecule is CN1CC(N2CCC(S(=O)(=O)NC(=O)Nc3c4c(cc5c3CCC5)CCC4)CC2)C1.[K]. The predicted octanol–water partition coefficient (Wildman–Crippen LogP) is 1.51. The van der Waals surface area contributed by atoms with Crippen molar-refractivity contribution in [3.8, 4) is 0 Å². The van der Waals surface area contributed by atoms with Gasteiger partial charge in [0.2, 0.25) is 10.0 Å². The molecule has 0 aromatic heterocycles. The Kier molecular flexibility index (Phi) is 7.55. The van der Waals surface area contributed by atoms with Crippen LogP contribution < -0.4 is 10.0 Å². The van der Waals surface area contributed by atoms with Crippen molar-refractivity contribution in [1.29, 1.82) is 0 Å². The quantitative estimate of drug-likeness (QED) is 0.651. The topological polar surface area (TPSA) is 81.8 Å². The van der Waals surface area contributed by atoms with Crippen molar-refractivity contribution >= 4 is 73.1 Å². The molecule has 5 rings (SSSR count). The van der Waals surface area contributed by atoms with Gasteiger partial charge in [-0.05, 0) is 93.8 Å². The first-order valence-corrected chi connectivity index (χ1v) is 12.9. The fraction of sp³-hybridized carbons (Fsp3) is 0.682. The maximum absolute atomic E-state index is 12.9. The van der Waals surface area contributed by atoms with E-state index in [9.17, 15) is 13.2 Å². The summed E-state index contributed by atoms with van der Waals surface area (Å²) >= 11 is 0. The number of likely N-dealkylation sites (N-methyl/N-ethyl adjacent to an activating group) is 1.